The Morgan fingerprint density at radius 3 is 2.57 bits per heavy atom. The zero-order valence-corrected chi connectivity index (χ0v) is 12.0. The molecule has 0 aliphatic rings. The van der Waals surface area contributed by atoms with E-state index in [2.05, 4.69) is 5.32 Å². The molecule has 1 N–H and O–H groups in total. The molecule has 1 unspecified atom stereocenters. The van der Waals surface area contributed by atoms with Crippen LogP contribution in [0.15, 0.2) is 18.2 Å². The van der Waals surface area contributed by atoms with Gasteiger partial charge in [-0.05, 0) is 25.1 Å². The van der Waals surface area contributed by atoms with Crippen molar-refractivity contribution in [3.05, 3.63) is 29.3 Å². The van der Waals surface area contributed by atoms with Crippen LogP contribution in [0.3, 0.4) is 0 Å². The average molecular weight is 299 g/mol. The summed E-state index contributed by atoms with van der Waals surface area (Å²) in [6.45, 7) is 1.79. The second-order valence-corrected chi connectivity index (χ2v) is 4.72. The summed E-state index contributed by atoms with van der Waals surface area (Å²) in [5.41, 5.74) is -1.04. The minimum absolute atomic E-state index is 0.0611. The molecule has 0 spiro atoms. The molecule has 4 nitrogen and oxygen atoms in total. The van der Waals surface area contributed by atoms with Crippen LogP contribution in [0.25, 0.3) is 0 Å². The van der Waals surface area contributed by atoms with Gasteiger partial charge in [0.15, 0.2) is 0 Å². The van der Waals surface area contributed by atoms with Gasteiger partial charge in [0.1, 0.15) is 0 Å². The highest BCUT2D eigenvalue weighted by Crippen LogP contribution is 2.35. The van der Waals surface area contributed by atoms with Gasteiger partial charge in [0.2, 0.25) is 0 Å². The van der Waals surface area contributed by atoms with E-state index in [1.807, 2.05) is 6.07 Å². The number of hydrogen-bond donors (Lipinski definition) is 1. The molecule has 1 atom stereocenters. The fourth-order valence-corrected chi connectivity index (χ4v) is 1.88. The van der Waals surface area contributed by atoms with E-state index in [9.17, 15) is 18.0 Å². The topological polar surface area (TPSA) is 56.1 Å². The third-order valence-electron chi connectivity index (χ3n) is 2.96. The van der Waals surface area contributed by atoms with Crippen LogP contribution in [0, 0.1) is 17.2 Å². The van der Waals surface area contributed by atoms with Gasteiger partial charge in [0.25, 0.3) is 5.91 Å². The second kappa shape index (κ2) is 6.48. The minimum Gasteiger partial charge on any atom is -0.388 e. The largest absolute Gasteiger partial charge is 0.418 e. The molecule has 0 saturated heterocycles. The Morgan fingerprint density at radius 2 is 2.10 bits per heavy atom. The molecule has 0 heterocycles. The lowest BCUT2D eigenvalue weighted by Crippen LogP contribution is -2.31. The number of alkyl halides is 3. The number of rotatable bonds is 4. The molecule has 0 aromatic heterocycles. The monoisotopic (exact) mass is 299 g/mol. The molecule has 114 valence electrons. The number of anilines is 1. The van der Waals surface area contributed by atoms with E-state index < -0.39 is 23.6 Å². The van der Waals surface area contributed by atoms with Gasteiger partial charge in [0.05, 0.1) is 17.6 Å². The van der Waals surface area contributed by atoms with Gasteiger partial charge in [-0.25, -0.2) is 0 Å². The lowest BCUT2D eigenvalue weighted by Gasteiger charge is -2.20. The molecule has 0 bridgehead atoms. The van der Waals surface area contributed by atoms with Gasteiger partial charge in [-0.3, -0.25) is 4.79 Å². The molecule has 1 rings (SSSR count). The Morgan fingerprint density at radius 1 is 1.48 bits per heavy atom. The van der Waals surface area contributed by atoms with Crippen LogP contribution in [0.2, 0.25) is 0 Å². The summed E-state index contributed by atoms with van der Waals surface area (Å²) in [4.78, 5) is 13.3. The van der Waals surface area contributed by atoms with E-state index in [1.54, 1.807) is 6.92 Å². The quantitative estimate of drug-likeness (QED) is 0.930. The van der Waals surface area contributed by atoms with Gasteiger partial charge in [-0.15, -0.1) is 0 Å². The Balaban J connectivity index is 3.10. The summed E-state index contributed by atoms with van der Waals surface area (Å²) in [6.07, 6.45) is -4.55. The van der Waals surface area contributed by atoms with Crippen molar-refractivity contribution in [1.82, 2.24) is 4.90 Å². The highest BCUT2D eigenvalue weighted by molar-refractivity contribution is 5.94. The van der Waals surface area contributed by atoms with Gasteiger partial charge >= 0.3 is 6.18 Å². The molecule has 0 fully saturated rings. The van der Waals surface area contributed by atoms with Crippen LogP contribution in [0.4, 0.5) is 18.9 Å². The first-order valence-corrected chi connectivity index (χ1v) is 6.24. The minimum atomic E-state index is -4.55. The van der Waals surface area contributed by atoms with Crippen molar-refractivity contribution in [1.29, 1.82) is 5.26 Å². The van der Waals surface area contributed by atoms with E-state index in [4.69, 9.17) is 5.26 Å². The third-order valence-corrected chi connectivity index (χ3v) is 2.96. The normalized spacial score (nSPS) is 12.4. The number of nitrogens with one attached hydrogen (secondary N) is 1. The molecule has 0 radical (unpaired) electrons. The Bertz CT molecular complexity index is 564. The van der Waals surface area contributed by atoms with Gasteiger partial charge in [-0.2, -0.15) is 18.4 Å². The number of nitriles is 1. The number of benzene rings is 1. The van der Waals surface area contributed by atoms with Crippen molar-refractivity contribution in [2.24, 2.45) is 5.92 Å². The van der Waals surface area contributed by atoms with Gasteiger partial charge in [0, 0.05) is 31.9 Å². The smallest absolute Gasteiger partial charge is 0.388 e. The molecule has 1 aromatic rings. The highest BCUT2D eigenvalue weighted by Gasteiger charge is 2.34. The summed E-state index contributed by atoms with van der Waals surface area (Å²) in [6, 6.07) is 5.34. The second-order valence-electron chi connectivity index (χ2n) is 4.72. The van der Waals surface area contributed by atoms with Crippen molar-refractivity contribution < 1.29 is 18.0 Å². The number of hydrogen-bond acceptors (Lipinski definition) is 3. The maximum Gasteiger partial charge on any atom is 0.418 e. The number of amides is 1. The van der Waals surface area contributed by atoms with Crippen molar-refractivity contribution in [2.75, 3.05) is 26.0 Å². The summed E-state index contributed by atoms with van der Waals surface area (Å²) >= 11 is 0. The van der Waals surface area contributed by atoms with Crippen LogP contribution in [0.1, 0.15) is 22.8 Å². The summed E-state index contributed by atoms with van der Waals surface area (Å²) in [5.74, 6) is -0.942. The first kappa shape index (κ1) is 16.8. The number of halogens is 3. The zero-order chi connectivity index (χ0) is 16.2. The molecular formula is C14H16F3N3O. The zero-order valence-electron chi connectivity index (χ0n) is 12.0. The van der Waals surface area contributed by atoms with Crippen molar-refractivity contribution in [3.63, 3.8) is 0 Å². The lowest BCUT2D eigenvalue weighted by molar-refractivity contribution is -0.136. The first-order chi connectivity index (χ1) is 9.70. The third kappa shape index (κ3) is 4.12. The van der Waals surface area contributed by atoms with Crippen LogP contribution in [-0.4, -0.2) is 31.4 Å². The molecule has 7 heteroatoms. The fourth-order valence-electron chi connectivity index (χ4n) is 1.88. The van der Waals surface area contributed by atoms with E-state index in [0.717, 1.165) is 6.07 Å². The summed E-state index contributed by atoms with van der Waals surface area (Å²) in [5, 5.41) is 11.2. The maximum absolute atomic E-state index is 12.9. The predicted octanol–water partition coefficient (Wildman–Crippen LogP) is 2.98. The van der Waals surface area contributed by atoms with Crippen LogP contribution in [-0.2, 0) is 6.18 Å². The van der Waals surface area contributed by atoms with Crippen LogP contribution < -0.4 is 5.32 Å². The Kier molecular flexibility index (Phi) is 5.19. The summed E-state index contributed by atoms with van der Waals surface area (Å²) in [7, 11) is 2.84. The maximum atomic E-state index is 12.9. The SMILES string of the molecule is CNc1ccc(C(=O)N(C)CC(C)C#N)cc1C(F)(F)F. The average Bonchev–Trinajstić information content (AvgIpc) is 2.44. The van der Waals surface area contributed by atoms with Gasteiger partial charge < -0.3 is 10.2 Å². The standard InChI is InChI=1S/C14H16F3N3O/c1-9(7-18)8-20(3)13(21)10-4-5-12(19-2)11(6-10)14(15,16)17/h4-6,9,19H,8H2,1-3H3. The molecule has 21 heavy (non-hydrogen) atoms. The summed E-state index contributed by atoms with van der Waals surface area (Å²) < 4.78 is 38.8. The van der Waals surface area contributed by atoms with Crippen LogP contribution in [0.5, 0.6) is 0 Å². The molecule has 0 aliphatic heterocycles. The number of nitrogens with zero attached hydrogens (tertiary/aromatic N) is 2. The first-order valence-electron chi connectivity index (χ1n) is 6.24. The van der Waals surface area contributed by atoms with E-state index in [0.29, 0.717) is 0 Å². The Hall–Kier alpha value is -2.23. The molecule has 0 aliphatic carbocycles. The Labute approximate surface area is 121 Å². The van der Waals surface area contributed by atoms with E-state index in [1.165, 1.54) is 31.1 Å². The molecule has 0 saturated carbocycles. The fraction of sp³-hybridized carbons (Fsp3) is 0.429. The molecule has 1 amide bonds. The highest BCUT2D eigenvalue weighted by atomic mass is 19.4. The van der Waals surface area contributed by atoms with Crippen molar-refractivity contribution >= 4 is 11.6 Å². The van der Waals surface area contributed by atoms with Crippen molar-refractivity contribution in [3.8, 4) is 6.07 Å². The molecular weight excluding hydrogens is 283 g/mol. The predicted molar refractivity (Wildman–Crippen MR) is 72.7 cm³/mol. The lowest BCUT2D eigenvalue weighted by atomic mass is 10.1. The van der Waals surface area contributed by atoms with Gasteiger partial charge in [-0.1, -0.05) is 0 Å². The molecule has 1 aromatic carbocycles. The van der Waals surface area contributed by atoms with Crippen molar-refractivity contribution in [2.45, 2.75) is 13.1 Å². The number of carbonyl (C=O) groups is 1. The number of carbonyl (C=O) groups excluding carboxylic acids is 1. The van der Waals surface area contributed by atoms with E-state index >= 15 is 0 Å². The van der Waals surface area contributed by atoms with E-state index in [-0.39, 0.29) is 17.8 Å². The van der Waals surface area contributed by atoms with Crippen LogP contribution >= 0.6 is 0 Å².